The van der Waals surface area contributed by atoms with Gasteiger partial charge in [0.05, 0.1) is 48.9 Å². The van der Waals surface area contributed by atoms with Crippen molar-refractivity contribution in [1.82, 2.24) is 24.6 Å². The molecule has 220 valence electrons. The van der Waals surface area contributed by atoms with E-state index >= 15 is 0 Å². The van der Waals surface area contributed by atoms with Crippen LogP contribution in [0, 0.1) is 0 Å². The lowest BCUT2D eigenvalue weighted by Crippen LogP contribution is -2.32. The molecular weight excluding hydrogens is 544 g/mol. The van der Waals surface area contributed by atoms with Crippen LogP contribution < -0.4 is 14.4 Å². The lowest BCUT2D eigenvalue weighted by Gasteiger charge is -2.27. The van der Waals surface area contributed by atoms with Crippen LogP contribution in [0.2, 0.25) is 0 Å². The lowest BCUT2D eigenvalue weighted by molar-refractivity contribution is -0.136. The predicted molar refractivity (Wildman–Crippen MR) is 166 cm³/mol. The Labute approximate surface area is 250 Å². The summed E-state index contributed by atoms with van der Waals surface area (Å²) in [5.41, 5.74) is 5.19. The topological polar surface area (TPSA) is 103 Å². The summed E-state index contributed by atoms with van der Waals surface area (Å²) in [6.45, 7) is 12.3. The molecule has 1 saturated heterocycles. The highest BCUT2D eigenvalue weighted by Crippen LogP contribution is 2.35. The van der Waals surface area contributed by atoms with Gasteiger partial charge in [-0.1, -0.05) is 19.2 Å². The van der Waals surface area contributed by atoms with Gasteiger partial charge in [0.15, 0.2) is 0 Å². The predicted octanol–water partition coefficient (Wildman–Crippen LogP) is 5.66. The van der Waals surface area contributed by atoms with Crippen LogP contribution in [0.1, 0.15) is 26.3 Å². The second kappa shape index (κ2) is 12.3. The fourth-order valence-electron chi connectivity index (χ4n) is 4.94. The van der Waals surface area contributed by atoms with Crippen molar-refractivity contribution in [2.75, 3.05) is 32.2 Å². The van der Waals surface area contributed by atoms with Gasteiger partial charge in [0.25, 0.3) is 11.8 Å². The van der Waals surface area contributed by atoms with Crippen LogP contribution in [0.15, 0.2) is 91.4 Å². The minimum atomic E-state index is -0.387. The molecule has 3 heterocycles. The third-order valence-electron chi connectivity index (χ3n) is 7.26. The summed E-state index contributed by atoms with van der Waals surface area (Å²) in [5.74, 6) is 0.510. The first kappa shape index (κ1) is 29.2. The zero-order valence-corrected chi connectivity index (χ0v) is 24.8. The average molecular weight is 579 g/mol. The third kappa shape index (κ3) is 5.90. The molecule has 43 heavy (non-hydrogen) atoms. The Morgan fingerprint density at radius 2 is 1.72 bits per heavy atom. The zero-order valence-electron chi connectivity index (χ0n) is 24.8. The second-order valence-electron chi connectivity index (χ2n) is 10.4. The summed E-state index contributed by atoms with van der Waals surface area (Å²) < 4.78 is 13.0. The van der Waals surface area contributed by atoms with E-state index in [0.717, 1.165) is 28.1 Å². The van der Waals surface area contributed by atoms with E-state index in [1.807, 2.05) is 41.2 Å². The van der Waals surface area contributed by atoms with Gasteiger partial charge < -0.3 is 14.4 Å². The molecule has 0 aliphatic carbocycles. The van der Waals surface area contributed by atoms with Crippen molar-refractivity contribution in [3.63, 3.8) is 0 Å². The van der Waals surface area contributed by atoms with Gasteiger partial charge in [-0.3, -0.25) is 24.2 Å². The van der Waals surface area contributed by atoms with Crippen molar-refractivity contribution in [3.05, 3.63) is 91.4 Å². The number of methoxy groups -OCH3 is 2. The lowest BCUT2D eigenvalue weighted by atomic mass is 10.1. The zero-order chi connectivity index (χ0) is 30.7. The van der Waals surface area contributed by atoms with E-state index in [1.54, 1.807) is 32.7 Å². The normalized spacial score (nSPS) is 14.3. The number of carbonyl (C=O) groups is 2. The molecular formula is C33H34N6O4. The van der Waals surface area contributed by atoms with Crippen LogP contribution >= 0.6 is 0 Å². The standard InChI is InChI=1S/C33H34N6O4/c1-7-9-28-22(4)32(40)38(33(28)41)13-8-12-37(25-14-26(42-5)17-27(15-25)43-6)24-10-11-29-30(16-24)36-31(19-34-29)23-18-35-39(20-23)21(2)3/h7,9-11,14-21H,1,4,8,12-13H2,2-3,5-6H3/b28-9+. The summed E-state index contributed by atoms with van der Waals surface area (Å²) in [5, 5.41) is 4.44. The molecule has 0 radical (unpaired) electrons. The van der Waals surface area contributed by atoms with E-state index in [0.29, 0.717) is 30.0 Å². The first-order chi connectivity index (χ1) is 20.7. The monoisotopic (exact) mass is 578 g/mol. The number of ether oxygens (including phenoxy) is 2. The highest BCUT2D eigenvalue weighted by atomic mass is 16.5. The van der Waals surface area contributed by atoms with E-state index in [1.165, 1.54) is 17.1 Å². The third-order valence-corrected chi connectivity index (χ3v) is 7.26. The Hall–Kier alpha value is -5.25. The quantitative estimate of drug-likeness (QED) is 0.166. The molecule has 2 aromatic heterocycles. The molecule has 10 nitrogen and oxygen atoms in total. The average Bonchev–Trinajstić information content (AvgIpc) is 3.59. The molecule has 1 aliphatic rings. The number of fused-ring (bicyclic) bond motifs is 1. The highest BCUT2D eigenvalue weighted by Gasteiger charge is 2.36. The van der Waals surface area contributed by atoms with Crippen LogP contribution in [0.3, 0.4) is 0 Å². The number of likely N-dealkylation sites (tertiary alicyclic amines) is 1. The molecule has 2 amide bonds. The molecule has 2 aromatic carbocycles. The SMILES string of the molecule is C=C/C=C1\C(=C)C(=O)N(CCCN(c2cc(OC)cc(OC)c2)c2ccc3ncc(-c4cnn(C(C)C)c4)nc3c2)C1=O. The van der Waals surface area contributed by atoms with Crippen molar-refractivity contribution in [2.45, 2.75) is 26.3 Å². The highest BCUT2D eigenvalue weighted by molar-refractivity contribution is 6.24. The number of carbonyl (C=O) groups excluding carboxylic acids is 2. The smallest absolute Gasteiger partial charge is 0.261 e. The summed E-state index contributed by atoms with van der Waals surface area (Å²) in [6.07, 6.45) is 9.00. The van der Waals surface area contributed by atoms with Gasteiger partial charge in [-0.05, 0) is 44.5 Å². The largest absolute Gasteiger partial charge is 0.497 e. The van der Waals surface area contributed by atoms with Crippen LogP contribution in [0.4, 0.5) is 11.4 Å². The molecule has 0 atom stereocenters. The number of benzene rings is 2. The van der Waals surface area contributed by atoms with Crippen molar-refractivity contribution in [3.8, 4) is 22.8 Å². The Bertz CT molecular complexity index is 1730. The molecule has 5 rings (SSSR count). The van der Waals surface area contributed by atoms with Crippen molar-refractivity contribution in [2.24, 2.45) is 0 Å². The summed E-state index contributed by atoms with van der Waals surface area (Å²) in [6, 6.07) is 11.7. The van der Waals surface area contributed by atoms with Gasteiger partial charge >= 0.3 is 0 Å². The summed E-state index contributed by atoms with van der Waals surface area (Å²) in [4.78, 5) is 38.5. The fraction of sp³-hybridized carbons (Fsp3) is 0.242. The number of hydrogen-bond acceptors (Lipinski definition) is 8. The van der Waals surface area contributed by atoms with Crippen LogP contribution in [-0.2, 0) is 9.59 Å². The first-order valence-corrected chi connectivity index (χ1v) is 13.9. The fourth-order valence-corrected chi connectivity index (χ4v) is 4.94. The van der Waals surface area contributed by atoms with E-state index in [9.17, 15) is 9.59 Å². The van der Waals surface area contributed by atoms with Gasteiger partial charge in [0.1, 0.15) is 11.5 Å². The Kier molecular flexibility index (Phi) is 8.38. The van der Waals surface area contributed by atoms with Gasteiger partial charge in [-0.25, -0.2) is 4.98 Å². The molecule has 0 bridgehead atoms. The van der Waals surface area contributed by atoms with E-state index in [-0.39, 0.29) is 35.5 Å². The number of aromatic nitrogens is 4. The van der Waals surface area contributed by atoms with Crippen molar-refractivity contribution in [1.29, 1.82) is 0 Å². The number of amides is 2. The second-order valence-corrected chi connectivity index (χ2v) is 10.4. The number of nitrogens with zero attached hydrogens (tertiary/aromatic N) is 6. The molecule has 1 aliphatic heterocycles. The minimum Gasteiger partial charge on any atom is -0.497 e. The minimum absolute atomic E-state index is 0.183. The first-order valence-electron chi connectivity index (χ1n) is 13.9. The van der Waals surface area contributed by atoms with Crippen LogP contribution in [0.5, 0.6) is 11.5 Å². The molecule has 10 heteroatoms. The van der Waals surface area contributed by atoms with E-state index in [2.05, 4.69) is 42.0 Å². The number of anilines is 2. The molecule has 0 unspecified atom stereocenters. The maximum Gasteiger partial charge on any atom is 0.261 e. The van der Waals surface area contributed by atoms with Crippen LogP contribution in [0.25, 0.3) is 22.3 Å². The number of imide groups is 1. The Balaban J connectivity index is 1.49. The number of allylic oxidation sites excluding steroid dienone is 2. The molecule has 1 fully saturated rings. The maximum atomic E-state index is 12.9. The molecule has 4 aromatic rings. The number of hydrogen-bond donors (Lipinski definition) is 0. The van der Waals surface area contributed by atoms with E-state index in [4.69, 9.17) is 14.5 Å². The number of rotatable bonds is 11. The van der Waals surface area contributed by atoms with Gasteiger partial charge in [-0.15, -0.1) is 0 Å². The van der Waals surface area contributed by atoms with Gasteiger partial charge in [-0.2, -0.15) is 5.10 Å². The Morgan fingerprint density at radius 1 is 0.977 bits per heavy atom. The van der Waals surface area contributed by atoms with Gasteiger partial charge in [0, 0.05) is 66.0 Å². The summed E-state index contributed by atoms with van der Waals surface area (Å²) >= 11 is 0. The Morgan fingerprint density at radius 3 is 2.37 bits per heavy atom. The molecule has 0 N–H and O–H groups in total. The van der Waals surface area contributed by atoms with Crippen molar-refractivity contribution >= 4 is 34.2 Å². The van der Waals surface area contributed by atoms with Gasteiger partial charge in [0.2, 0.25) is 0 Å². The van der Waals surface area contributed by atoms with E-state index < -0.39 is 0 Å². The van der Waals surface area contributed by atoms with Crippen LogP contribution in [-0.4, -0.2) is 63.8 Å². The van der Waals surface area contributed by atoms with Crippen molar-refractivity contribution < 1.29 is 19.1 Å². The maximum absolute atomic E-state index is 12.9. The molecule has 0 spiro atoms. The summed E-state index contributed by atoms with van der Waals surface area (Å²) in [7, 11) is 3.20. The molecule has 0 saturated carbocycles.